The van der Waals surface area contributed by atoms with Crippen LogP contribution in [0.1, 0.15) is 63.4 Å². The summed E-state index contributed by atoms with van der Waals surface area (Å²) in [4.78, 5) is 19.4. The first kappa shape index (κ1) is 26.7. The summed E-state index contributed by atoms with van der Waals surface area (Å²) in [5.74, 6) is 1.58. The lowest BCUT2D eigenvalue weighted by molar-refractivity contribution is -0.0586. The first-order chi connectivity index (χ1) is 14.0. The molecule has 0 aliphatic carbocycles. The Bertz CT molecular complexity index is 652. The maximum absolute atomic E-state index is 12.8. The zero-order valence-corrected chi connectivity index (χ0v) is 21.4. The van der Waals surface area contributed by atoms with Gasteiger partial charge in [-0.3, -0.25) is 4.79 Å². The maximum Gasteiger partial charge on any atom is 0.254 e. The molecule has 0 bridgehead atoms. The Kier molecular flexibility index (Phi) is 12.3. The third-order valence-corrected chi connectivity index (χ3v) is 5.38. The van der Waals surface area contributed by atoms with E-state index in [0.29, 0.717) is 25.6 Å². The van der Waals surface area contributed by atoms with Crippen LogP contribution in [0.15, 0.2) is 29.3 Å². The molecule has 0 saturated carbocycles. The van der Waals surface area contributed by atoms with Gasteiger partial charge in [0.15, 0.2) is 5.96 Å². The number of ether oxygens (including phenoxy) is 1. The van der Waals surface area contributed by atoms with E-state index in [9.17, 15) is 4.79 Å². The summed E-state index contributed by atoms with van der Waals surface area (Å²) in [5.41, 5.74) is 1.81. The number of morpholine rings is 1. The predicted molar refractivity (Wildman–Crippen MR) is 135 cm³/mol. The Morgan fingerprint density at radius 1 is 1.10 bits per heavy atom. The van der Waals surface area contributed by atoms with E-state index >= 15 is 0 Å². The molecule has 2 unspecified atom stereocenters. The summed E-state index contributed by atoms with van der Waals surface area (Å²) in [5, 5.41) is 6.74. The van der Waals surface area contributed by atoms with Gasteiger partial charge in [-0.1, -0.05) is 38.8 Å². The van der Waals surface area contributed by atoms with Crippen LogP contribution in [0.4, 0.5) is 0 Å². The molecule has 1 aromatic carbocycles. The van der Waals surface area contributed by atoms with Crippen LogP contribution in [0.3, 0.4) is 0 Å². The lowest BCUT2D eigenvalue weighted by Crippen LogP contribution is -2.48. The van der Waals surface area contributed by atoms with Crippen molar-refractivity contribution >= 4 is 35.8 Å². The number of rotatable bonds is 8. The molecule has 6 nitrogen and oxygen atoms in total. The van der Waals surface area contributed by atoms with Crippen LogP contribution in [0.5, 0.6) is 0 Å². The normalized spacial score (nSPS) is 19.4. The van der Waals surface area contributed by atoms with Gasteiger partial charge in [-0.15, -0.1) is 24.0 Å². The minimum atomic E-state index is 0. The van der Waals surface area contributed by atoms with Crippen molar-refractivity contribution < 1.29 is 9.53 Å². The molecule has 0 aromatic heterocycles. The van der Waals surface area contributed by atoms with Crippen LogP contribution in [0, 0.1) is 5.92 Å². The number of halogens is 1. The highest BCUT2D eigenvalue weighted by molar-refractivity contribution is 14.0. The van der Waals surface area contributed by atoms with Gasteiger partial charge in [-0.25, -0.2) is 4.99 Å². The van der Waals surface area contributed by atoms with E-state index < -0.39 is 0 Å². The molecular weight excluding hydrogens is 491 g/mol. The van der Waals surface area contributed by atoms with Gasteiger partial charge < -0.3 is 20.3 Å². The maximum atomic E-state index is 12.8. The van der Waals surface area contributed by atoms with E-state index in [-0.39, 0.29) is 42.1 Å². The fraction of sp³-hybridized carbons (Fsp3) is 0.652. The van der Waals surface area contributed by atoms with Crippen LogP contribution in [0.2, 0.25) is 0 Å². The monoisotopic (exact) mass is 530 g/mol. The van der Waals surface area contributed by atoms with E-state index in [1.165, 1.54) is 12.8 Å². The number of amides is 1. The molecule has 2 atom stereocenters. The summed E-state index contributed by atoms with van der Waals surface area (Å²) in [6, 6.07) is 7.80. The Morgan fingerprint density at radius 2 is 1.70 bits per heavy atom. The second kappa shape index (κ2) is 13.9. The molecule has 2 rings (SSSR count). The van der Waals surface area contributed by atoms with Gasteiger partial charge in [-0.05, 0) is 44.4 Å². The average molecular weight is 530 g/mol. The highest BCUT2D eigenvalue weighted by Gasteiger charge is 2.26. The lowest BCUT2D eigenvalue weighted by atomic mass is 10.0. The number of benzene rings is 1. The molecule has 0 radical (unpaired) electrons. The van der Waals surface area contributed by atoms with Crippen LogP contribution in [-0.4, -0.2) is 55.2 Å². The molecule has 2 N–H and O–H groups in total. The molecule has 7 heteroatoms. The van der Waals surface area contributed by atoms with Crippen molar-refractivity contribution in [3.05, 3.63) is 35.4 Å². The second-order valence-electron chi connectivity index (χ2n) is 7.92. The molecule has 30 heavy (non-hydrogen) atoms. The van der Waals surface area contributed by atoms with Crippen molar-refractivity contribution in [1.29, 1.82) is 0 Å². The van der Waals surface area contributed by atoms with Gasteiger partial charge in [0.1, 0.15) is 0 Å². The van der Waals surface area contributed by atoms with E-state index in [1.54, 1.807) is 0 Å². The summed E-state index contributed by atoms with van der Waals surface area (Å²) < 4.78 is 5.72. The molecule has 170 valence electrons. The standard InChI is InChI=1S/C23H38N4O2.HI/c1-6-19(7-2)13-25-23(24-8-3)26-14-20-9-11-21(12-10-20)22(28)27-15-17(4)29-18(5)16-27;/h9-12,17-19H,6-8,13-16H2,1-5H3,(H2,24,25,26);1H. The quantitative estimate of drug-likeness (QED) is 0.303. The van der Waals surface area contributed by atoms with Crippen molar-refractivity contribution in [2.24, 2.45) is 10.9 Å². The largest absolute Gasteiger partial charge is 0.372 e. The fourth-order valence-electron chi connectivity index (χ4n) is 3.61. The van der Waals surface area contributed by atoms with Crippen molar-refractivity contribution in [3.63, 3.8) is 0 Å². The first-order valence-corrected chi connectivity index (χ1v) is 11.0. The molecule has 1 heterocycles. The number of guanidine groups is 1. The summed E-state index contributed by atoms with van der Waals surface area (Å²) in [6.07, 6.45) is 2.49. The Hall–Kier alpha value is -1.35. The van der Waals surface area contributed by atoms with Crippen molar-refractivity contribution in [2.45, 2.75) is 66.2 Å². The number of hydrogen-bond acceptors (Lipinski definition) is 3. The van der Waals surface area contributed by atoms with E-state index in [1.807, 2.05) is 43.0 Å². The topological polar surface area (TPSA) is 66.0 Å². The number of carbonyl (C=O) groups excluding carboxylic acids is 1. The second-order valence-corrected chi connectivity index (χ2v) is 7.92. The summed E-state index contributed by atoms with van der Waals surface area (Å²) in [7, 11) is 0. The minimum Gasteiger partial charge on any atom is -0.372 e. The highest BCUT2D eigenvalue weighted by Crippen LogP contribution is 2.15. The van der Waals surface area contributed by atoms with Gasteiger partial charge in [0.05, 0.1) is 18.8 Å². The summed E-state index contributed by atoms with van der Waals surface area (Å²) >= 11 is 0. The summed E-state index contributed by atoms with van der Waals surface area (Å²) in [6.45, 7) is 14.2. The van der Waals surface area contributed by atoms with Crippen LogP contribution in [-0.2, 0) is 11.3 Å². The first-order valence-electron chi connectivity index (χ1n) is 11.0. The van der Waals surface area contributed by atoms with Crippen molar-refractivity contribution in [1.82, 2.24) is 15.5 Å². The Labute approximate surface area is 199 Å². The molecule has 1 aliphatic heterocycles. The van der Waals surface area contributed by atoms with Crippen LogP contribution in [0.25, 0.3) is 0 Å². The van der Waals surface area contributed by atoms with Crippen molar-refractivity contribution in [2.75, 3.05) is 26.2 Å². The van der Waals surface area contributed by atoms with E-state index in [0.717, 1.165) is 30.2 Å². The number of nitrogens with one attached hydrogen (secondary N) is 2. The predicted octanol–water partition coefficient (Wildman–Crippen LogP) is 4.05. The number of hydrogen-bond donors (Lipinski definition) is 2. The number of nitrogens with zero attached hydrogens (tertiary/aromatic N) is 2. The van der Waals surface area contributed by atoms with Gasteiger partial charge in [0, 0.05) is 31.7 Å². The minimum absolute atomic E-state index is 0. The van der Waals surface area contributed by atoms with Crippen LogP contribution >= 0.6 is 24.0 Å². The molecule has 1 amide bonds. The lowest BCUT2D eigenvalue weighted by Gasteiger charge is -2.35. The molecule has 1 aliphatic rings. The van der Waals surface area contributed by atoms with E-state index in [4.69, 9.17) is 9.73 Å². The average Bonchev–Trinajstić information content (AvgIpc) is 2.71. The molecule has 1 fully saturated rings. The smallest absolute Gasteiger partial charge is 0.254 e. The van der Waals surface area contributed by atoms with Gasteiger partial charge in [0.2, 0.25) is 0 Å². The third kappa shape index (κ3) is 8.41. The molecule has 1 saturated heterocycles. The van der Waals surface area contributed by atoms with E-state index in [2.05, 4.69) is 31.4 Å². The SMILES string of the molecule is CCNC(=NCc1ccc(C(=O)N2CC(C)OC(C)C2)cc1)NCC(CC)CC.I. The number of carbonyl (C=O) groups is 1. The van der Waals surface area contributed by atoms with Crippen molar-refractivity contribution in [3.8, 4) is 0 Å². The Balaban J connectivity index is 0.00000450. The zero-order valence-electron chi connectivity index (χ0n) is 19.1. The van der Waals surface area contributed by atoms with Gasteiger partial charge in [-0.2, -0.15) is 0 Å². The molecular formula is C23H39IN4O2. The zero-order chi connectivity index (χ0) is 21.2. The third-order valence-electron chi connectivity index (χ3n) is 5.38. The van der Waals surface area contributed by atoms with Crippen LogP contribution < -0.4 is 10.6 Å². The highest BCUT2D eigenvalue weighted by atomic mass is 127. The van der Waals surface area contributed by atoms with Gasteiger partial charge >= 0.3 is 0 Å². The van der Waals surface area contributed by atoms with Gasteiger partial charge in [0.25, 0.3) is 5.91 Å². The molecule has 0 spiro atoms. The fourth-order valence-corrected chi connectivity index (χ4v) is 3.61. The molecule has 1 aromatic rings. The number of aliphatic imine (C=N–C) groups is 1. The Morgan fingerprint density at radius 3 is 2.23 bits per heavy atom.